The van der Waals surface area contributed by atoms with Gasteiger partial charge in [-0.1, -0.05) is 24.6 Å². The Bertz CT molecular complexity index is 1040. The number of carboxylic acid groups (broad SMARTS) is 1. The number of hydrogen-bond donors (Lipinski definition) is 2. The summed E-state index contributed by atoms with van der Waals surface area (Å²) in [5.41, 5.74) is 0.576. The molecule has 0 aliphatic rings. The molecule has 0 aromatic heterocycles. The summed E-state index contributed by atoms with van der Waals surface area (Å²) in [6.45, 7) is 6.10. The van der Waals surface area contributed by atoms with E-state index in [1.54, 1.807) is 12.1 Å². The first-order valence-electron chi connectivity index (χ1n) is 9.68. The second-order valence-electron chi connectivity index (χ2n) is 6.61. The molecular formula is C23H23ClN2O5. The number of ether oxygens (including phenoxy) is 2. The van der Waals surface area contributed by atoms with Gasteiger partial charge in [-0.25, -0.2) is 4.79 Å². The van der Waals surface area contributed by atoms with Gasteiger partial charge in [0.05, 0.1) is 23.3 Å². The number of nitrogens with zero attached hydrogens (tertiary/aromatic N) is 1. The molecule has 0 saturated carbocycles. The Labute approximate surface area is 185 Å². The van der Waals surface area contributed by atoms with Crippen LogP contribution >= 0.6 is 11.6 Å². The van der Waals surface area contributed by atoms with E-state index < -0.39 is 11.9 Å². The molecule has 7 nitrogen and oxygen atoms in total. The highest BCUT2D eigenvalue weighted by atomic mass is 35.5. The van der Waals surface area contributed by atoms with Gasteiger partial charge < -0.3 is 19.9 Å². The van der Waals surface area contributed by atoms with Crippen molar-refractivity contribution >= 4 is 35.2 Å². The fourth-order valence-corrected chi connectivity index (χ4v) is 2.84. The number of nitrogens with one attached hydrogen (secondary N) is 1. The number of nitriles is 1. The maximum Gasteiger partial charge on any atom is 0.335 e. The predicted octanol–water partition coefficient (Wildman–Crippen LogP) is 5.16. The Morgan fingerprint density at radius 1 is 1.29 bits per heavy atom. The number of carbonyl (C=O) groups is 2. The summed E-state index contributed by atoms with van der Waals surface area (Å²) in [6, 6.07) is 10.8. The molecule has 0 unspecified atom stereocenters. The molecule has 2 aromatic rings. The van der Waals surface area contributed by atoms with Crippen LogP contribution in [0.3, 0.4) is 0 Å². The van der Waals surface area contributed by atoms with Crippen molar-refractivity contribution in [2.45, 2.75) is 33.3 Å². The number of hydrogen-bond acceptors (Lipinski definition) is 5. The number of carbonyl (C=O) groups excluding carboxylic acids is 1. The van der Waals surface area contributed by atoms with Crippen LogP contribution in [-0.2, 0) is 4.79 Å². The van der Waals surface area contributed by atoms with Crippen molar-refractivity contribution in [3.8, 4) is 17.6 Å². The van der Waals surface area contributed by atoms with Crippen LogP contribution in [0.15, 0.2) is 42.0 Å². The number of amides is 1. The lowest BCUT2D eigenvalue weighted by Gasteiger charge is -2.18. The molecule has 0 fully saturated rings. The summed E-state index contributed by atoms with van der Waals surface area (Å²) in [7, 11) is 0. The number of aromatic carboxylic acids is 1. The smallest absolute Gasteiger partial charge is 0.335 e. The van der Waals surface area contributed by atoms with E-state index >= 15 is 0 Å². The van der Waals surface area contributed by atoms with Crippen molar-refractivity contribution in [3.63, 3.8) is 0 Å². The number of rotatable bonds is 9. The second kappa shape index (κ2) is 11.0. The summed E-state index contributed by atoms with van der Waals surface area (Å²) in [4.78, 5) is 23.6. The van der Waals surface area contributed by atoms with Gasteiger partial charge in [0.15, 0.2) is 11.5 Å². The third-order valence-electron chi connectivity index (χ3n) is 4.27. The minimum atomic E-state index is -1.12. The average Bonchev–Trinajstić information content (AvgIpc) is 2.74. The van der Waals surface area contributed by atoms with E-state index in [1.165, 1.54) is 30.3 Å². The van der Waals surface area contributed by atoms with Crippen LogP contribution in [0.25, 0.3) is 6.08 Å². The molecule has 2 aromatic carbocycles. The molecule has 0 radical (unpaired) electrons. The van der Waals surface area contributed by atoms with Crippen molar-refractivity contribution in [2.24, 2.45) is 0 Å². The molecule has 0 aliphatic heterocycles. The van der Waals surface area contributed by atoms with E-state index in [0.717, 1.165) is 6.42 Å². The highest BCUT2D eigenvalue weighted by Gasteiger charge is 2.16. The Hall–Kier alpha value is -3.50. The van der Waals surface area contributed by atoms with Crippen LogP contribution in [0.1, 0.15) is 43.1 Å². The number of halogens is 1. The first-order valence-corrected chi connectivity index (χ1v) is 10.1. The average molecular weight is 443 g/mol. The van der Waals surface area contributed by atoms with Crippen molar-refractivity contribution in [1.82, 2.24) is 0 Å². The number of anilines is 1. The third-order valence-corrected chi connectivity index (χ3v) is 4.55. The standard InChI is InChI=1S/C23H23ClN2O5/c1-4-14(3)31-21-19(24)10-15(11-20(21)30-5-2)9-17(13-25)22(27)26-18-8-6-7-16(12-18)23(28)29/h6-12,14H,4-5H2,1-3H3,(H,26,27)(H,28,29)/b17-9-/t14-/m1/s1. The monoisotopic (exact) mass is 442 g/mol. The zero-order chi connectivity index (χ0) is 23.0. The highest BCUT2D eigenvalue weighted by Crippen LogP contribution is 2.38. The van der Waals surface area contributed by atoms with E-state index in [1.807, 2.05) is 26.8 Å². The first kappa shape index (κ1) is 23.8. The second-order valence-corrected chi connectivity index (χ2v) is 7.02. The lowest BCUT2D eigenvalue weighted by molar-refractivity contribution is -0.112. The highest BCUT2D eigenvalue weighted by molar-refractivity contribution is 6.32. The fourth-order valence-electron chi connectivity index (χ4n) is 2.58. The van der Waals surface area contributed by atoms with Crippen molar-refractivity contribution < 1.29 is 24.2 Å². The van der Waals surface area contributed by atoms with E-state index in [2.05, 4.69) is 5.32 Å². The van der Waals surface area contributed by atoms with Crippen LogP contribution in [-0.4, -0.2) is 29.7 Å². The Morgan fingerprint density at radius 3 is 2.65 bits per heavy atom. The van der Waals surface area contributed by atoms with E-state index in [4.69, 9.17) is 26.2 Å². The molecule has 8 heteroatoms. The number of benzene rings is 2. The SMILES string of the molecule is CCOc1cc(/C=C(/C#N)C(=O)Nc2cccc(C(=O)O)c2)cc(Cl)c1O[C@H](C)CC. The predicted molar refractivity (Wildman–Crippen MR) is 119 cm³/mol. The fraction of sp³-hybridized carbons (Fsp3) is 0.261. The van der Waals surface area contributed by atoms with E-state index in [9.17, 15) is 14.9 Å². The lowest BCUT2D eigenvalue weighted by Crippen LogP contribution is -2.14. The van der Waals surface area contributed by atoms with Gasteiger partial charge >= 0.3 is 5.97 Å². The third kappa shape index (κ3) is 6.49. The normalized spacial score (nSPS) is 11.9. The molecule has 162 valence electrons. The van der Waals surface area contributed by atoms with E-state index in [0.29, 0.717) is 28.7 Å². The van der Waals surface area contributed by atoms with Gasteiger partial charge in [-0.05, 0) is 62.2 Å². The molecule has 0 aliphatic carbocycles. The minimum Gasteiger partial charge on any atom is -0.490 e. The van der Waals surface area contributed by atoms with E-state index in [-0.39, 0.29) is 22.9 Å². The van der Waals surface area contributed by atoms with Crippen LogP contribution in [0.2, 0.25) is 5.02 Å². The quantitative estimate of drug-likeness (QED) is 0.410. The van der Waals surface area contributed by atoms with Crippen molar-refractivity contribution in [2.75, 3.05) is 11.9 Å². The number of carboxylic acids is 1. The van der Waals surface area contributed by atoms with Crippen molar-refractivity contribution in [3.05, 3.63) is 58.1 Å². The first-order chi connectivity index (χ1) is 14.8. The molecule has 2 rings (SSSR count). The molecular weight excluding hydrogens is 420 g/mol. The molecule has 1 atom stereocenters. The minimum absolute atomic E-state index is 0.0188. The molecule has 0 bridgehead atoms. The van der Waals surface area contributed by atoms with Gasteiger partial charge in [0.1, 0.15) is 11.6 Å². The zero-order valence-corrected chi connectivity index (χ0v) is 18.2. The summed E-state index contributed by atoms with van der Waals surface area (Å²) in [6.07, 6.45) is 2.09. The Balaban J connectivity index is 2.34. The van der Waals surface area contributed by atoms with Gasteiger partial charge in [0.2, 0.25) is 0 Å². The van der Waals surface area contributed by atoms with Crippen LogP contribution in [0.4, 0.5) is 5.69 Å². The zero-order valence-electron chi connectivity index (χ0n) is 17.4. The molecule has 0 saturated heterocycles. The summed E-state index contributed by atoms with van der Waals surface area (Å²) in [5.74, 6) is -0.985. The molecule has 1 amide bonds. The molecule has 2 N–H and O–H groups in total. The van der Waals surface area contributed by atoms with Gasteiger partial charge in [0, 0.05) is 5.69 Å². The van der Waals surface area contributed by atoms with Gasteiger partial charge in [0.25, 0.3) is 5.91 Å². The molecule has 31 heavy (non-hydrogen) atoms. The topological polar surface area (TPSA) is 109 Å². The van der Waals surface area contributed by atoms with Gasteiger partial charge in [-0.15, -0.1) is 0 Å². The van der Waals surface area contributed by atoms with Gasteiger partial charge in [-0.3, -0.25) is 4.79 Å². The Morgan fingerprint density at radius 2 is 2.03 bits per heavy atom. The van der Waals surface area contributed by atoms with Gasteiger partial charge in [-0.2, -0.15) is 5.26 Å². The van der Waals surface area contributed by atoms with Crippen LogP contribution in [0, 0.1) is 11.3 Å². The maximum absolute atomic E-state index is 12.5. The molecule has 0 spiro atoms. The summed E-state index contributed by atoms with van der Waals surface area (Å²) in [5, 5.41) is 21.4. The lowest BCUT2D eigenvalue weighted by atomic mass is 10.1. The summed E-state index contributed by atoms with van der Waals surface area (Å²) >= 11 is 6.38. The van der Waals surface area contributed by atoms with Crippen LogP contribution in [0.5, 0.6) is 11.5 Å². The van der Waals surface area contributed by atoms with Crippen molar-refractivity contribution in [1.29, 1.82) is 5.26 Å². The largest absolute Gasteiger partial charge is 0.490 e. The Kier molecular flexibility index (Phi) is 8.47. The summed E-state index contributed by atoms with van der Waals surface area (Å²) < 4.78 is 11.5. The van der Waals surface area contributed by atoms with Crippen LogP contribution < -0.4 is 14.8 Å². The maximum atomic E-state index is 12.5. The molecule has 0 heterocycles.